The maximum absolute atomic E-state index is 3.81. The molecule has 0 rings (SSSR count). The van der Waals surface area contributed by atoms with Gasteiger partial charge in [-0.15, -0.1) is 6.58 Å². The van der Waals surface area contributed by atoms with Crippen molar-refractivity contribution in [3.8, 4) is 0 Å². The van der Waals surface area contributed by atoms with Crippen LogP contribution in [0.5, 0.6) is 0 Å². The molecular formula is C14H27N. The molecule has 0 aromatic carbocycles. The second kappa shape index (κ2) is 8.72. The van der Waals surface area contributed by atoms with Crippen LogP contribution in [0, 0.1) is 5.92 Å². The number of nitrogens with zero attached hydrogens (tertiary/aromatic N) is 1. The monoisotopic (exact) mass is 209 g/mol. The summed E-state index contributed by atoms with van der Waals surface area (Å²) in [7, 11) is 0. The van der Waals surface area contributed by atoms with Crippen LogP contribution in [-0.4, -0.2) is 24.5 Å². The molecule has 0 heterocycles. The first-order valence-corrected chi connectivity index (χ1v) is 6.14. The second-order valence-corrected chi connectivity index (χ2v) is 4.29. The Balaban J connectivity index is 3.82. The number of hydrogen-bond donors (Lipinski definition) is 0. The van der Waals surface area contributed by atoms with E-state index in [0.29, 0.717) is 5.92 Å². The van der Waals surface area contributed by atoms with Crippen LogP contribution in [0.25, 0.3) is 0 Å². The summed E-state index contributed by atoms with van der Waals surface area (Å²) in [6, 6.07) is 0. The molecule has 1 unspecified atom stereocenters. The molecule has 1 heteroatoms. The summed E-state index contributed by atoms with van der Waals surface area (Å²) in [5.41, 5.74) is 1.51. The third kappa shape index (κ3) is 7.38. The fraction of sp³-hybridized carbons (Fsp3) is 0.714. The van der Waals surface area contributed by atoms with Crippen LogP contribution in [0.15, 0.2) is 24.3 Å². The lowest BCUT2D eigenvalue weighted by Gasteiger charge is -2.16. The van der Waals surface area contributed by atoms with Gasteiger partial charge in [-0.25, -0.2) is 0 Å². The van der Waals surface area contributed by atoms with Gasteiger partial charge in [0.2, 0.25) is 0 Å². The van der Waals surface area contributed by atoms with Gasteiger partial charge in [0.1, 0.15) is 0 Å². The Morgan fingerprint density at radius 2 is 1.93 bits per heavy atom. The van der Waals surface area contributed by atoms with Gasteiger partial charge in [0, 0.05) is 6.54 Å². The Kier molecular flexibility index (Phi) is 8.40. The molecule has 0 bridgehead atoms. The van der Waals surface area contributed by atoms with E-state index in [0.717, 1.165) is 19.6 Å². The molecule has 15 heavy (non-hydrogen) atoms. The van der Waals surface area contributed by atoms with E-state index >= 15 is 0 Å². The van der Waals surface area contributed by atoms with Gasteiger partial charge in [-0.05, 0) is 38.8 Å². The summed E-state index contributed by atoms with van der Waals surface area (Å²) in [5.74, 6) is 0.641. The molecule has 0 radical (unpaired) electrons. The molecule has 0 aliphatic carbocycles. The molecule has 88 valence electrons. The van der Waals surface area contributed by atoms with Gasteiger partial charge in [-0.3, -0.25) is 0 Å². The molecule has 0 aliphatic rings. The van der Waals surface area contributed by atoms with E-state index in [4.69, 9.17) is 0 Å². The number of hydrogen-bond acceptors (Lipinski definition) is 1. The van der Waals surface area contributed by atoms with Crippen molar-refractivity contribution in [1.82, 2.24) is 4.90 Å². The highest BCUT2D eigenvalue weighted by molar-refractivity contribution is 5.00. The quantitative estimate of drug-likeness (QED) is 0.548. The maximum atomic E-state index is 3.81. The Bertz CT molecular complexity index is 190. The SMILES string of the molecule is C=CC(C)CCC(C)=CCN(CC)CC. The van der Waals surface area contributed by atoms with Crippen LogP contribution in [0.4, 0.5) is 0 Å². The van der Waals surface area contributed by atoms with E-state index in [2.05, 4.69) is 45.2 Å². The summed E-state index contributed by atoms with van der Waals surface area (Å²) in [5, 5.41) is 0. The van der Waals surface area contributed by atoms with Gasteiger partial charge in [-0.1, -0.05) is 38.5 Å². The summed E-state index contributed by atoms with van der Waals surface area (Å²) in [4.78, 5) is 2.43. The fourth-order valence-electron chi connectivity index (χ4n) is 1.44. The first-order chi connectivity index (χ1) is 7.13. The van der Waals surface area contributed by atoms with Crippen molar-refractivity contribution in [2.45, 2.75) is 40.5 Å². The molecule has 0 amide bonds. The van der Waals surface area contributed by atoms with Crippen molar-refractivity contribution >= 4 is 0 Å². The molecule has 0 saturated heterocycles. The van der Waals surface area contributed by atoms with Crippen molar-refractivity contribution in [3.63, 3.8) is 0 Å². The van der Waals surface area contributed by atoms with Gasteiger partial charge in [0.05, 0.1) is 0 Å². The van der Waals surface area contributed by atoms with Crippen LogP contribution < -0.4 is 0 Å². The predicted molar refractivity (Wildman–Crippen MR) is 70.1 cm³/mol. The highest BCUT2D eigenvalue weighted by atomic mass is 15.1. The van der Waals surface area contributed by atoms with E-state index in [-0.39, 0.29) is 0 Å². The zero-order valence-electron chi connectivity index (χ0n) is 10.9. The maximum Gasteiger partial charge on any atom is 0.0165 e. The zero-order chi connectivity index (χ0) is 11.7. The van der Waals surface area contributed by atoms with Crippen molar-refractivity contribution in [2.24, 2.45) is 5.92 Å². The van der Waals surface area contributed by atoms with Gasteiger partial charge < -0.3 is 4.90 Å². The lowest BCUT2D eigenvalue weighted by atomic mass is 10.0. The van der Waals surface area contributed by atoms with Gasteiger partial charge in [0.25, 0.3) is 0 Å². The molecule has 0 spiro atoms. The Labute approximate surface area is 95.9 Å². The van der Waals surface area contributed by atoms with E-state index in [1.165, 1.54) is 18.4 Å². The van der Waals surface area contributed by atoms with Crippen molar-refractivity contribution in [1.29, 1.82) is 0 Å². The van der Waals surface area contributed by atoms with Gasteiger partial charge in [0.15, 0.2) is 0 Å². The molecule has 0 fully saturated rings. The largest absolute Gasteiger partial charge is 0.300 e. The summed E-state index contributed by atoms with van der Waals surface area (Å²) in [6.07, 6.45) is 6.83. The van der Waals surface area contributed by atoms with E-state index in [1.54, 1.807) is 0 Å². The fourth-order valence-corrected chi connectivity index (χ4v) is 1.44. The topological polar surface area (TPSA) is 3.24 Å². The lowest BCUT2D eigenvalue weighted by molar-refractivity contribution is 0.336. The number of allylic oxidation sites excluding steroid dienone is 2. The molecule has 1 atom stereocenters. The highest BCUT2D eigenvalue weighted by Crippen LogP contribution is 2.12. The van der Waals surface area contributed by atoms with E-state index in [9.17, 15) is 0 Å². The minimum Gasteiger partial charge on any atom is -0.300 e. The average Bonchev–Trinajstić information content (AvgIpc) is 2.27. The van der Waals surface area contributed by atoms with Crippen molar-refractivity contribution in [2.75, 3.05) is 19.6 Å². The predicted octanol–water partition coefficient (Wildman–Crippen LogP) is 3.88. The average molecular weight is 209 g/mol. The van der Waals surface area contributed by atoms with Gasteiger partial charge >= 0.3 is 0 Å². The third-order valence-corrected chi connectivity index (χ3v) is 2.99. The molecule has 0 aliphatic heterocycles. The normalized spacial score (nSPS) is 14.3. The number of likely N-dealkylation sites (N-methyl/N-ethyl adjacent to an activating group) is 1. The van der Waals surface area contributed by atoms with E-state index in [1.807, 2.05) is 6.08 Å². The van der Waals surface area contributed by atoms with Crippen LogP contribution >= 0.6 is 0 Å². The molecule has 1 nitrogen and oxygen atoms in total. The summed E-state index contributed by atoms with van der Waals surface area (Å²) < 4.78 is 0. The van der Waals surface area contributed by atoms with Crippen LogP contribution in [0.3, 0.4) is 0 Å². The van der Waals surface area contributed by atoms with Crippen LogP contribution in [-0.2, 0) is 0 Å². The molecule has 0 aromatic rings. The smallest absolute Gasteiger partial charge is 0.0165 e. The van der Waals surface area contributed by atoms with Crippen molar-refractivity contribution in [3.05, 3.63) is 24.3 Å². The van der Waals surface area contributed by atoms with Crippen LogP contribution in [0.1, 0.15) is 40.5 Å². The third-order valence-electron chi connectivity index (χ3n) is 2.99. The first kappa shape index (κ1) is 14.4. The highest BCUT2D eigenvalue weighted by Gasteiger charge is 1.99. The Hall–Kier alpha value is -0.560. The Morgan fingerprint density at radius 1 is 1.33 bits per heavy atom. The lowest BCUT2D eigenvalue weighted by Crippen LogP contribution is -2.22. The van der Waals surface area contributed by atoms with Crippen molar-refractivity contribution < 1.29 is 0 Å². The molecule has 0 saturated carbocycles. The first-order valence-electron chi connectivity index (χ1n) is 6.14. The molecular weight excluding hydrogens is 182 g/mol. The minimum absolute atomic E-state index is 0.641. The minimum atomic E-state index is 0.641. The number of rotatable bonds is 8. The summed E-state index contributed by atoms with van der Waals surface area (Å²) >= 11 is 0. The van der Waals surface area contributed by atoms with E-state index < -0.39 is 0 Å². The summed E-state index contributed by atoms with van der Waals surface area (Å²) in [6.45, 7) is 16.1. The molecule has 0 aromatic heterocycles. The Morgan fingerprint density at radius 3 is 2.40 bits per heavy atom. The van der Waals surface area contributed by atoms with Gasteiger partial charge in [-0.2, -0.15) is 0 Å². The molecule has 0 N–H and O–H groups in total. The second-order valence-electron chi connectivity index (χ2n) is 4.29. The zero-order valence-corrected chi connectivity index (χ0v) is 10.9. The standard InChI is InChI=1S/C14H27N/c1-6-13(4)9-10-14(5)11-12-15(7-2)8-3/h6,11,13H,1,7-10,12H2,2-5H3. The van der Waals surface area contributed by atoms with Crippen LogP contribution in [0.2, 0.25) is 0 Å².